The molecular formula is C22H22N2O4S. The van der Waals surface area contributed by atoms with E-state index in [1.807, 2.05) is 47.8 Å². The van der Waals surface area contributed by atoms with Crippen molar-refractivity contribution in [1.29, 1.82) is 0 Å². The smallest absolute Gasteiger partial charge is 0.260 e. The molecular weight excluding hydrogens is 388 g/mol. The molecule has 3 rings (SSSR count). The number of carbonyl (C=O) groups is 3. The van der Waals surface area contributed by atoms with Gasteiger partial charge in [-0.2, -0.15) is 0 Å². The van der Waals surface area contributed by atoms with E-state index in [0.29, 0.717) is 24.4 Å². The molecule has 0 radical (unpaired) electrons. The summed E-state index contributed by atoms with van der Waals surface area (Å²) in [5.74, 6) is -0.193. The van der Waals surface area contributed by atoms with Gasteiger partial charge in [0.05, 0.1) is 18.7 Å². The van der Waals surface area contributed by atoms with Crippen LogP contribution < -0.4 is 10.1 Å². The SMILES string of the molecule is CCN(CC(=O)NCc1cccs1)C(=O)COc1ccc2ccccc2c1C=O. The Morgan fingerprint density at radius 1 is 1.14 bits per heavy atom. The molecule has 0 aliphatic carbocycles. The lowest BCUT2D eigenvalue weighted by Gasteiger charge is -2.21. The van der Waals surface area contributed by atoms with Crippen molar-refractivity contribution < 1.29 is 19.1 Å². The molecule has 7 heteroatoms. The molecule has 0 fully saturated rings. The monoisotopic (exact) mass is 410 g/mol. The zero-order valence-corrected chi connectivity index (χ0v) is 16.9. The lowest BCUT2D eigenvalue weighted by Crippen LogP contribution is -2.42. The van der Waals surface area contributed by atoms with E-state index < -0.39 is 0 Å². The molecule has 2 aromatic carbocycles. The number of hydrogen-bond donors (Lipinski definition) is 1. The van der Waals surface area contributed by atoms with E-state index in [1.165, 1.54) is 4.90 Å². The molecule has 0 bridgehead atoms. The lowest BCUT2D eigenvalue weighted by atomic mass is 10.0. The van der Waals surface area contributed by atoms with Crippen LogP contribution >= 0.6 is 11.3 Å². The fourth-order valence-corrected chi connectivity index (χ4v) is 3.60. The van der Waals surface area contributed by atoms with Gasteiger partial charge in [-0.15, -0.1) is 11.3 Å². The first-order valence-electron chi connectivity index (χ1n) is 9.29. The van der Waals surface area contributed by atoms with Crippen LogP contribution in [0.5, 0.6) is 5.75 Å². The zero-order valence-electron chi connectivity index (χ0n) is 16.1. The third-order valence-electron chi connectivity index (χ3n) is 4.51. The molecule has 6 nitrogen and oxygen atoms in total. The van der Waals surface area contributed by atoms with Crippen molar-refractivity contribution in [2.45, 2.75) is 13.5 Å². The summed E-state index contributed by atoms with van der Waals surface area (Å²) in [4.78, 5) is 38.7. The van der Waals surface area contributed by atoms with E-state index in [0.717, 1.165) is 21.9 Å². The van der Waals surface area contributed by atoms with Crippen LogP contribution in [0.25, 0.3) is 10.8 Å². The summed E-state index contributed by atoms with van der Waals surface area (Å²) in [6.45, 7) is 2.34. The minimum atomic E-state index is -0.316. The van der Waals surface area contributed by atoms with Gasteiger partial charge >= 0.3 is 0 Å². The maximum atomic E-state index is 12.5. The summed E-state index contributed by atoms with van der Waals surface area (Å²) in [7, 11) is 0. The zero-order chi connectivity index (χ0) is 20.6. The first-order chi connectivity index (χ1) is 14.1. The molecule has 2 amide bonds. The third kappa shape index (κ3) is 5.20. The summed E-state index contributed by atoms with van der Waals surface area (Å²) in [6.07, 6.45) is 0.734. The topological polar surface area (TPSA) is 75.7 Å². The molecule has 1 N–H and O–H groups in total. The molecule has 3 aromatic rings. The van der Waals surface area contributed by atoms with Gasteiger partial charge in [0.2, 0.25) is 5.91 Å². The second-order valence-corrected chi connectivity index (χ2v) is 7.40. The molecule has 0 aliphatic rings. The Hall–Kier alpha value is -3.19. The predicted molar refractivity (Wildman–Crippen MR) is 113 cm³/mol. The van der Waals surface area contributed by atoms with E-state index in [1.54, 1.807) is 24.3 Å². The van der Waals surface area contributed by atoms with Crippen molar-refractivity contribution in [2.75, 3.05) is 19.7 Å². The highest BCUT2D eigenvalue weighted by molar-refractivity contribution is 7.09. The molecule has 150 valence electrons. The Balaban J connectivity index is 1.59. The van der Waals surface area contributed by atoms with Crippen molar-refractivity contribution >= 4 is 40.2 Å². The molecule has 0 aliphatic heterocycles. The summed E-state index contributed by atoms with van der Waals surface area (Å²) in [5.41, 5.74) is 0.410. The Bertz CT molecular complexity index is 1000. The van der Waals surface area contributed by atoms with Crippen LogP contribution in [0.3, 0.4) is 0 Å². The molecule has 1 aromatic heterocycles. The minimum Gasteiger partial charge on any atom is -0.483 e. The van der Waals surface area contributed by atoms with Gasteiger partial charge in [0.15, 0.2) is 12.9 Å². The molecule has 1 heterocycles. The number of amides is 2. The minimum absolute atomic E-state index is 0.0394. The van der Waals surface area contributed by atoms with Gasteiger partial charge in [-0.3, -0.25) is 14.4 Å². The lowest BCUT2D eigenvalue weighted by molar-refractivity contribution is -0.137. The van der Waals surface area contributed by atoms with E-state index in [-0.39, 0.29) is 25.0 Å². The summed E-state index contributed by atoms with van der Waals surface area (Å²) < 4.78 is 5.63. The van der Waals surface area contributed by atoms with Gasteiger partial charge in [0.1, 0.15) is 5.75 Å². The number of ether oxygens (including phenoxy) is 1. The van der Waals surface area contributed by atoms with Gasteiger partial charge < -0.3 is 15.0 Å². The fraction of sp³-hybridized carbons (Fsp3) is 0.227. The molecule has 29 heavy (non-hydrogen) atoms. The first kappa shape index (κ1) is 20.5. The highest BCUT2D eigenvalue weighted by Gasteiger charge is 2.17. The van der Waals surface area contributed by atoms with Crippen molar-refractivity contribution in [3.05, 3.63) is 64.4 Å². The van der Waals surface area contributed by atoms with Gasteiger partial charge in [-0.1, -0.05) is 36.4 Å². The maximum absolute atomic E-state index is 12.5. The number of hydrogen-bond acceptors (Lipinski definition) is 5. The van der Waals surface area contributed by atoms with Gasteiger partial charge in [-0.25, -0.2) is 0 Å². The highest BCUT2D eigenvalue weighted by atomic mass is 32.1. The van der Waals surface area contributed by atoms with E-state index >= 15 is 0 Å². The van der Waals surface area contributed by atoms with Crippen LogP contribution in [0.4, 0.5) is 0 Å². The summed E-state index contributed by atoms with van der Waals surface area (Å²) >= 11 is 1.56. The van der Waals surface area contributed by atoms with Crippen LogP contribution in [-0.2, 0) is 16.1 Å². The average molecular weight is 410 g/mol. The molecule has 0 unspecified atom stereocenters. The Labute approximate surface area is 173 Å². The number of nitrogens with one attached hydrogen (secondary N) is 1. The van der Waals surface area contributed by atoms with Crippen LogP contribution in [0.15, 0.2) is 53.9 Å². The van der Waals surface area contributed by atoms with Crippen molar-refractivity contribution in [3.8, 4) is 5.75 Å². The van der Waals surface area contributed by atoms with E-state index in [4.69, 9.17) is 4.74 Å². The number of thiophene rings is 1. The van der Waals surface area contributed by atoms with Crippen LogP contribution in [0.1, 0.15) is 22.2 Å². The second-order valence-electron chi connectivity index (χ2n) is 6.37. The quantitative estimate of drug-likeness (QED) is 0.550. The molecule has 0 atom stereocenters. The normalized spacial score (nSPS) is 10.5. The number of rotatable bonds is 9. The van der Waals surface area contributed by atoms with Crippen LogP contribution in [0.2, 0.25) is 0 Å². The van der Waals surface area contributed by atoms with Gasteiger partial charge in [0, 0.05) is 11.4 Å². The van der Waals surface area contributed by atoms with Crippen LogP contribution in [0, 0.1) is 0 Å². The summed E-state index contributed by atoms with van der Waals surface area (Å²) in [6, 6.07) is 14.9. The Morgan fingerprint density at radius 3 is 2.69 bits per heavy atom. The average Bonchev–Trinajstić information content (AvgIpc) is 3.27. The fourth-order valence-electron chi connectivity index (χ4n) is 2.96. The van der Waals surface area contributed by atoms with Crippen LogP contribution in [-0.4, -0.2) is 42.7 Å². The Morgan fingerprint density at radius 2 is 1.97 bits per heavy atom. The van der Waals surface area contributed by atoms with Crippen molar-refractivity contribution in [2.24, 2.45) is 0 Å². The van der Waals surface area contributed by atoms with Gasteiger partial charge in [-0.05, 0) is 35.2 Å². The standard InChI is InChI=1S/C22H22N2O4S/c1-2-24(13-21(26)23-12-17-7-5-11-29-17)22(27)15-28-20-10-9-16-6-3-4-8-18(16)19(20)14-25/h3-11,14H,2,12-13,15H2,1H3,(H,23,26). The largest absolute Gasteiger partial charge is 0.483 e. The number of likely N-dealkylation sites (N-methyl/N-ethyl adjacent to an activating group) is 1. The molecule has 0 spiro atoms. The predicted octanol–water partition coefficient (Wildman–Crippen LogP) is 3.26. The van der Waals surface area contributed by atoms with Crippen molar-refractivity contribution in [1.82, 2.24) is 10.2 Å². The van der Waals surface area contributed by atoms with E-state index in [9.17, 15) is 14.4 Å². The first-order valence-corrected chi connectivity index (χ1v) is 10.2. The molecule has 0 saturated heterocycles. The van der Waals surface area contributed by atoms with Gasteiger partial charge in [0.25, 0.3) is 5.91 Å². The maximum Gasteiger partial charge on any atom is 0.260 e. The summed E-state index contributed by atoms with van der Waals surface area (Å²) in [5, 5.41) is 6.45. The Kier molecular flexibility index (Phi) is 6.97. The number of fused-ring (bicyclic) bond motifs is 1. The second kappa shape index (κ2) is 9.84. The number of nitrogens with zero attached hydrogens (tertiary/aromatic N) is 1. The number of aldehydes is 1. The number of benzene rings is 2. The van der Waals surface area contributed by atoms with E-state index in [2.05, 4.69) is 5.32 Å². The highest BCUT2D eigenvalue weighted by Crippen LogP contribution is 2.26. The third-order valence-corrected chi connectivity index (χ3v) is 5.38. The van der Waals surface area contributed by atoms with Crippen molar-refractivity contribution in [3.63, 3.8) is 0 Å². The number of carbonyl (C=O) groups excluding carboxylic acids is 3. The molecule has 0 saturated carbocycles.